The van der Waals surface area contributed by atoms with Crippen molar-refractivity contribution >= 4 is 29.0 Å². The van der Waals surface area contributed by atoms with Crippen LogP contribution in [0, 0.1) is 25.7 Å². The summed E-state index contributed by atoms with van der Waals surface area (Å²) in [5, 5.41) is 6.10. The first-order valence-electron chi connectivity index (χ1n) is 23.7. The van der Waals surface area contributed by atoms with E-state index in [4.69, 9.17) is 4.74 Å². The van der Waals surface area contributed by atoms with Crippen LogP contribution in [0.25, 0.3) is 0 Å². The Morgan fingerprint density at radius 1 is 0.677 bits per heavy atom. The lowest BCUT2D eigenvalue weighted by atomic mass is 9.58. The van der Waals surface area contributed by atoms with Crippen molar-refractivity contribution in [1.82, 2.24) is 19.1 Å². The molecule has 10 heteroatoms. The van der Waals surface area contributed by atoms with Gasteiger partial charge in [0.1, 0.15) is 5.78 Å². The van der Waals surface area contributed by atoms with Crippen molar-refractivity contribution < 1.29 is 19.1 Å². The minimum atomic E-state index is -0.117. The van der Waals surface area contributed by atoms with Gasteiger partial charge in [0.05, 0.1) is 46.1 Å². The first-order valence-corrected chi connectivity index (χ1v) is 23.7. The number of Topliss-reactive ketones (excluding diaryl/α,β-unsaturated/α-hetero) is 1. The number of anilines is 2. The van der Waals surface area contributed by atoms with Gasteiger partial charge in [0.25, 0.3) is 11.8 Å². The fourth-order valence-corrected chi connectivity index (χ4v) is 12.0. The molecule has 65 heavy (non-hydrogen) atoms. The number of rotatable bonds is 8. The second kappa shape index (κ2) is 17.7. The molecule has 2 amide bonds. The molecule has 7 heterocycles. The Morgan fingerprint density at radius 2 is 1.18 bits per heavy atom. The highest BCUT2D eigenvalue weighted by atomic mass is 16.6. The predicted octanol–water partition coefficient (Wildman–Crippen LogP) is 10.4. The van der Waals surface area contributed by atoms with Crippen molar-refractivity contribution in [3.8, 4) is 0 Å². The molecule has 11 rings (SSSR count). The molecule has 2 N–H and O–H groups in total. The number of aromatic nitrogens is 4. The highest BCUT2D eigenvalue weighted by Crippen LogP contribution is 2.57. The third-order valence-electron chi connectivity index (χ3n) is 15.6. The second-order valence-electron chi connectivity index (χ2n) is 19.5. The molecule has 3 aliphatic heterocycles. The van der Waals surface area contributed by atoms with Gasteiger partial charge in [-0.1, -0.05) is 60.7 Å². The van der Waals surface area contributed by atoms with Crippen molar-refractivity contribution in [3.63, 3.8) is 0 Å². The number of nitrogens with zero attached hydrogens (tertiary/aromatic N) is 4. The van der Waals surface area contributed by atoms with Crippen LogP contribution >= 0.6 is 0 Å². The summed E-state index contributed by atoms with van der Waals surface area (Å²) in [5.41, 5.74) is 9.81. The molecular formula is C55H60N6O4. The minimum absolute atomic E-state index is 0.0395. The van der Waals surface area contributed by atoms with Crippen LogP contribution in [-0.4, -0.2) is 48.9 Å². The first kappa shape index (κ1) is 42.8. The predicted molar refractivity (Wildman–Crippen MR) is 253 cm³/mol. The summed E-state index contributed by atoms with van der Waals surface area (Å²) < 4.78 is 10.6. The van der Waals surface area contributed by atoms with E-state index in [2.05, 4.69) is 103 Å². The van der Waals surface area contributed by atoms with Gasteiger partial charge in [-0.2, -0.15) is 0 Å². The molecule has 1 saturated heterocycles. The number of hydrogen-bond acceptors (Lipinski definition) is 6. The molecule has 2 saturated carbocycles. The zero-order chi connectivity index (χ0) is 44.6. The van der Waals surface area contributed by atoms with Crippen molar-refractivity contribution in [2.24, 2.45) is 11.8 Å². The van der Waals surface area contributed by atoms with E-state index in [1.807, 2.05) is 50.4 Å². The fourth-order valence-electron chi connectivity index (χ4n) is 12.0. The average Bonchev–Trinajstić information content (AvgIpc) is 3.79. The van der Waals surface area contributed by atoms with Gasteiger partial charge in [0.2, 0.25) is 0 Å². The van der Waals surface area contributed by atoms with Crippen LogP contribution in [0.3, 0.4) is 0 Å². The Hall–Kier alpha value is -6.13. The maximum Gasteiger partial charge on any atom is 0.257 e. The van der Waals surface area contributed by atoms with Crippen LogP contribution in [0.1, 0.15) is 119 Å². The molecule has 0 unspecified atom stereocenters. The van der Waals surface area contributed by atoms with Crippen LogP contribution in [0.2, 0.25) is 0 Å². The molecule has 6 aromatic rings. The number of carbonyl (C=O) groups excluding carboxylic acids is 3. The summed E-state index contributed by atoms with van der Waals surface area (Å²) in [4.78, 5) is 47.4. The van der Waals surface area contributed by atoms with Crippen molar-refractivity contribution in [2.75, 3.05) is 17.2 Å². The van der Waals surface area contributed by atoms with Crippen LogP contribution in [-0.2, 0) is 46.3 Å². The summed E-state index contributed by atoms with van der Waals surface area (Å²) in [6.07, 6.45) is 19.4. The Bertz CT molecular complexity index is 2700. The monoisotopic (exact) mass is 868 g/mol. The van der Waals surface area contributed by atoms with Gasteiger partial charge in [-0.25, -0.2) is 0 Å². The molecule has 4 aromatic heterocycles. The Morgan fingerprint density at radius 3 is 1.69 bits per heavy atom. The van der Waals surface area contributed by atoms with Crippen LogP contribution in [0.15, 0.2) is 122 Å². The van der Waals surface area contributed by atoms with E-state index in [0.29, 0.717) is 36.0 Å². The zero-order valence-corrected chi connectivity index (χ0v) is 37.7. The fraction of sp³-hybridized carbons (Fsp3) is 0.400. The Balaban J connectivity index is 0.000000153. The second-order valence-corrected chi connectivity index (χ2v) is 19.5. The lowest BCUT2D eigenvalue weighted by Crippen LogP contribution is -2.45. The highest BCUT2D eigenvalue weighted by Gasteiger charge is 2.57. The number of ether oxygens (including phenoxy) is 1. The van der Waals surface area contributed by atoms with Gasteiger partial charge >= 0.3 is 0 Å². The van der Waals surface area contributed by atoms with E-state index in [1.165, 1.54) is 28.9 Å². The van der Waals surface area contributed by atoms with Crippen LogP contribution in [0.4, 0.5) is 11.4 Å². The molecule has 0 bridgehead atoms. The molecule has 10 nitrogen and oxygen atoms in total. The molecule has 0 radical (unpaired) electrons. The van der Waals surface area contributed by atoms with Crippen molar-refractivity contribution in [2.45, 2.75) is 120 Å². The van der Waals surface area contributed by atoms with Crippen molar-refractivity contribution in [1.29, 1.82) is 0 Å². The van der Waals surface area contributed by atoms with E-state index in [-0.39, 0.29) is 28.2 Å². The molecule has 5 aliphatic rings. The largest absolute Gasteiger partial charge is 0.370 e. The lowest BCUT2D eigenvalue weighted by molar-refractivity contribution is -0.123. The Kier molecular flexibility index (Phi) is 11.6. The van der Waals surface area contributed by atoms with Crippen molar-refractivity contribution in [3.05, 3.63) is 167 Å². The first-order chi connectivity index (χ1) is 31.6. The van der Waals surface area contributed by atoms with Gasteiger partial charge in [-0.15, -0.1) is 0 Å². The number of carbonyl (C=O) groups is 3. The molecular weight excluding hydrogens is 809 g/mol. The highest BCUT2D eigenvalue weighted by molar-refractivity contribution is 6.05. The van der Waals surface area contributed by atoms with Gasteiger partial charge in [0.15, 0.2) is 0 Å². The van der Waals surface area contributed by atoms with Gasteiger partial charge in [-0.3, -0.25) is 24.4 Å². The van der Waals surface area contributed by atoms with Crippen LogP contribution in [0.5, 0.6) is 0 Å². The molecule has 334 valence electrons. The quantitative estimate of drug-likeness (QED) is 0.147. The number of amides is 2. The summed E-state index contributed by atoms with van der Waals surface area (Å²) in [6, 6.07) is 33.2. The number of fused-ring (bicyclic) bond motifs is 6. The molecule has 3 fully saturated rings. The van der Waals surface area contributed by atoms with E-state index in [9.17, 15) is 14.4 Å². The maximum atomic E-state index is 13.2. The number of epoxide rings is 1. The number of ketones is 1. The number of hydrogen-bond donors (Lipinski definition) is 2. The smallest absolute Gasteiger partial charge is 0.257 e. The van der Waals surface area contributed by atoms with Gasteiger partial charge in [0, 0.05) is 72.9 Å². The minimum Gasteiger partial charge on any atom is -0.370 e. The van der Waals surface area contributed by atoms with E-state index >= 15 is 0 Å². The summed E-state index contributed by atoms with van der Waals surface area (Å²) in [5.74, 6) is 1.10. The third-order valence-corrected chi connectivity index (χ3v) is 15.6. The third kappa shape index (κ3) is 8.61. The van der Waals surface area contributed by atoms with E-state index in [0.717, 1.165) is 106 Å². The number of nitrogens with one attached hydrogen (secondary N) is 2. The number of pyridine rings is 2. The SMILES string of the molecule is Cc1ncccc1NC(=O)c1cc2n(c1)CCC[C@H]1CC(=O)CC[C@@]21Cc1ccccc1.Cc1ncccc1NC(=O)c1cc2n(c1)CCC[C@H]1C[C@]3(CC[C@@]21Cc1ccccc1)CO3. The number of benzene rings is 2. The van der Waals surface area contributed by atoms with E-state index in [1.54, 1.807) is 12.4 Å². The topological polar surface area (TPSA) is 123 Å². The standard InChI is InChI=1S/C28H31N3O2.C27H29N3O2/c1-20-24(10-5-13-29-20)30-26(32)22-15-25-28(16-21-7-3-2-4-8-21)12-11-27(19-33-27)17-23(28)9-6-14-31(25)18-22;1-19-24(10-5-13-28-19)29-26(32)21-15-25-27(17-20-7-3-2-4-8-20)12-11-23(31)16-22(27)9-6-14-30(25)18-21/h2-5,7-8,10,13,15,18,23H,6,9,11-12,14,16-17,19H2,1H3,(H,30,32);2-5,7-8,10,13,15,18,22H,6,9,11-12,14,16-17H2,1H3,(H,29,32)/t23-,27+,28-;22-,27-/m00/s1. The number of aryl methyl sites for hydroxylation is 4. The Labute approximate surface area is 382 Å². The summed E-state index contributed by atoms with van der Waals surface area (Å²) in [7, 11) is 0. The maximum absolute atomic E-state index is 13.2. The van der Waals surface area contributed by atoms with E-state index < -0.39 is 0 Å². The molecule has 2 aromatic carbocycles. The van der Waals surface area contributed by atoms with Gasteiger partial charge in [-0.05, 0) is 137 Å². The zero-order valence-electron chi connectivity index (χ0n) is 37.7. The molecule has 1 spiro atoms. The van der Waals surface area contributed by atoms with Gasteiger partial charge < -0.3 is 24.5 Å². The van der Waals surface area contributed by atoms with Crippen LogP contribution < -0.4 is 10.6 Å². The summed E-state index contributed by atoms with van der Waals surface area (Å²) >= 11 is 0. The summed E-state index contributed by atoms with van der Waals surface area (Å²) in [6.45, 7) is 6.58. The molecule has 2 aliphatic carbocycles. The normalized spacial score (nSPS) is 25.3. The lowest BCUT2D eigenvalue weighted by Gasteiger charge is -2.46. The molecule has 5 atom stereocenters. The average molecular weight is 869 g/mol.